The van der Waals surface area contributed by atoms with E-state index in [1.165, 1.54) is 0 Å². The fourth-order valence-electron chi connectivity index (χ4n) is 3.36. The van der Waals surface area contributed by atoms with E-state index in [4.69, 9.17) is 18.9 Å². The van der Waals surface area contributed by atoms with E-state index in [1.807, 2.05) is 48.5 Å². The van der Waals surface area contributed by atoms with Crippen LogP contribution in [0, 0.1) is 0 Å². The summed E-state index contributed by atoms with van der Waals surface area (Å²) < 4.78 is 22.9. The molecule has 0 atom stereocenters. The Labute approximate surface area is 203 Å². The Balaban J connectivity index is 1.65. The van der Waals surface area contributed by atoms with Gasteiger partial charge in [0.15, 0.2) is 5.82 Å². The number of nitrogens with zero attached hydrogens (tertiary/aromatic N) is 3. The molecule has 0 radical (unpaired) electrons. The van der Waals surface area contributed by atoms with Crippen molar-refractivity contribution >= 4 is 11.6 Å². The SMILES string of the molecule is COCCOc1nc(-c2ccc(OC)cc2)n(-c2cccc(NC(=O)c3cccc(OC)c3)c2)n1. The number of amides is 1. The fraction of sp³-hybridized carbons (Fsp3) is 0.192. The van der Waals surface area contributed by atoms with Gasteiger partial charge in [-0.3, -0.25) is 4.79 Å². The normalized spacial score (nSPS) is 10.6. The predicted molar refractivity (Wildman–Crippen MR) is 132 cm³/mol. The van der Waals surface area contributed by atoms with Crippen LogP contribution in [0.1, 0.15) is 10.4 Å². The van der Waals surface area contributed by atoms with Crippen LogP contribution in [0.3, 0.4) is 0 Å². The zero-order valence-corrected chi connectivity index (χ0v) is 19.7. The second kappa shape index (κ2) is 11.2. The maximum absolute atomic E-state index is 12.8. The molecule has 1 aromatic heterocycles. The molecular formula is C26H26N4O5. The topological polar surface area (TPSA) is 96.7 Å². The first-order valence-corrected chi connectivity index (χ1v) is 10.9. The van der Waals surface area contributed by atoms with E-state index in [0.717, 1.165) is 11.3 Å². The Morgan fingerprint density at radius 3 is 2.40 bits per heavy atom. The molecule has 1 heterocycles. The average molecular weight is 475 g/mol. The number of aromatic nitrogens is 3. The number of benzene rings is 3. The molecule has 1 N–H and O–H groups in total. The van der Waals surface area contributed by atoms with E-state index in [1.54, 1.807) is 50.3 Å². The smallest absolute Gasteiger partial charge is 0.336 e. The molecule has 0 bridgehead atoms. The monoisotopic (exact) mass is 474 g/mol. The lowest BCUT2D eigenvalue weighted by atomic mass is 10.2. The third-order valence-corrected chi connectivity index (χ3v) is 5.14. The molecule has 180 valence electrons. The highest BCUT2D eigenvalue weighted by molar-refractivity contribution is 6.04. The third kappa shape index (κ3) is 5.77. The molecule has 0 unspecified atom stereocenters. The molecule has 0 aliphatic carbocycles. The molecule has 0 spiro atoms. The molecule has 0 saturated heterocycles. The first-order valence-electron chi connectivity index (χ1n) is 10.9. The number of methoxy groups -OCH3 is 3. The van der Waals surface area contributed by atoms with Gasteiger partial charge in [-0.2, -0.15) is 4.98 Å². The van der Waals surface area contributed by atoms with Crippen molar-refractivity contribution in [3.8, 4) is 34.6 Å². The van der Waals surface area contributed by atoms with Crippen molar-refractivity contribution in [2.24, 2.45) is 0 Å². The molecule has 35 heavy (non-hydrogen) atoms. The van der Waals surface area contributed by atoms with Gasteiger partial charge in [-0.1, -0.05) is 12.1 Å². The highest BCUT2D eigenvalue weighted by Gasteiger charge is 2.16. The molecule has 9 nitrogen and oxygen atoms in total. The van der Waals surface area contributed by atoms with E-state index in [2.05, 4.69) is 15.4 Å². The summed E-state index contributed by atoms with van der Waals surface area (Å²) in [6, 6.07) is 22.0. The van der Waals surface area contributed by atoms with Crippen molar-refractivity contribution in [1.29, 1.82) is 0 Å². The Kier molecular flexibility index (Phi) is 7.59. The highest BCUT2D eigenvalue weighted by atomic mass is 16.5. The largest absolute Gasteiger partial charge is 0.497 e. The molecule has 4 aromatic rings. The lowest BCUT2D eigenvalue weighted by molar-refractivity contribution is 0.102. The van der Waals surface area contributed by atoms with Crippen LogP contribution in [-0.2, 0) is 4.74 Å². The number of ether oxygens (including phenoxy) is 4. The molecule has 0 aliphatic heterocycles. The number of carbonyl (C=O) groups is 1. The highest BCUT2D eigenvalue weighted by Crippen LogP contribution is 2.27. The first kappa shape index (κ1) is 23.8. The summed E-state index contributed by atoms with van der Waals surface area (Å²) in [5.41, 5.74) is 2.62. The maximum atomic E-state index is 12.8. The number of hydrogen-bond donors (Lipinski definition) is 1. The van der Waals surface area contributed by atoms with Crippen molar-refractivity contribution in [2.75, 3.05) is 39.9 Å². The summed E-state index contributed by atoms with van der Waals surface area (Å²) >= 11 is 0. The van der Waals surface area contributed by atoms with Gasteiger partial charge >= 0.3 is 6.01 Å². The lowest BCUT2D eigenvalue weighted by Crippen LogP contribution is -2.12. The van der Waals surface area contributed by atoms with E-state index < -0.39 is 0 Å². The third-order valence-electron chi connectivity index (χ3n) is 5.14. The number of nitrogens with one attached hydrogen (secondary N) is 1. The van der Waals surface area contributed by atoms with Crippen LogP contribution >= 0.6 is 0 Å². The van der Waals surface area contributed by atoms with Crippen LogP contribution in [0.15, 0.2) is 72.8 Å². The van der Waals surface area contributed by atoms with Gasteiger partial charge in [-0.15, -0.1) is 5.10 Å². The van der Waals surface area contributed by atoms with Crippen LogP contribution in [-0.4, -0.2) is 55.2 Å². The van der Waals surface area contributed by atoms with Gasteiger partial charge in [0.1, 0.15) is 18.1 Å². The van der Waals surface area contributed by atoms with Crippen molar-refractivity contribution in [3.63, 3.8) is 0 Å². The molecule has 3 aromatic carbocycles. The molecular weight excluding hydrogens is 448 g/mol. The zero-order chi connectivity index (χ0) is 24.6. The van der Waals surface area contributed by atoms with Crippen LogP contribution in [0.25, 0.3) is 17.1 Å². The van der Waals surface area contributed by atoms with Crippen LogP contribution in [0.5, 0.6) is 17.5 Å². The average Bonchev–Trinajstić information content (AvgIpc) is 3.33. The molecule has 1 amide bonds. The number of hydrogen-bond acceptors (Lipinski definition) is 7. The molecule has 0 aliphatic rings. The minimum atomic E-state index is -0.251. The Hall–Kier alpha value is -4.37. The van der Waals surface area contributed by atoms with Crippen LogP contribution < -0.4 is 19.5 Å². The van der Waals surface area contributed by atoms with Gasteiger partial charge in [0, 0.05) is 23.9 Å². The number of rotatable bonds is 10. The van der Waals surface area contributed by atoms with Crippen LogP contribution in [0.4, 0.5) is 5.69 Å². The second-order valence-electron chi connectivity index (χ2n) is 7.44. The second-order valence-corrected chi connectivity index (χ2v) is 7.44. The molecule has 0 fully saturated rings. The minimum Gasteiger partial charge on any atom is -0.497 e. The molecule has 0 saturated carbocycles. The van der Waals surface area contributed by atoms with E-state index in [9.17, 15) is 4.79 Å². The van der Waals surface area contributed by atoms with Crippen molar-refractivity contribution in [1.82, 2.24) is 14.8 Å². The summed E-state index contributed by atoms with van der Waals surface area (Å²) in [6.07, 6.45) is 0. The maximum Gasteiger partial charge on any atom is 0.336 e. The van der Waals surface area contributed by atoms with Gasteiger partial charge in [0.2, 0.25) is 0 Å². The van der Waals surface area contributed by atoms with Gasteiger partial charge in [0.25, 0.3) is 5.91 Å². The molecule has 4 rings (SSSR count). The Morgan fingerprint density at radius 2 is 1.66 bits per heavy atom. The summed E-state index contributed by atoms with van der Waals surface area (Å²) in [4.78, 5) is 17.4. The van der Waals surface area contributed by atoms with Crippen molar-refractivity contribution < 1.29 is 23.7 Å². The Morgan fingerprint density at radius 1 is 0.886 bits per heavy atom. The Bertz CT molecular complexity index is 1290. The van der Waals surface area contributed by atoms with Gasteiger partial charge < -0.3 is 24.3 Å². The summed E-state index contributed by atoms with van der Waals surface area (Å²) in [5.74, 6) is 1.67. The van der Waals surface area contributed by atoms with Gasteiger partial charge in [-0.25, -0.2) is 4.68 Å². The first-order chi connectivity index (χ1) is 17.1. The standard InChI is InChI=1S/C26H26N4O5/c1-32-14-15-35-26-28-24(18-10-12-22(33-2)13-11-18)30(29-26)21-8-5-7-20(17-21)27-25(31)19-6-4-9-23(16-19)34-3/h4-13,16-17H,14-15H2,1-3H3,(H,27,31). The summed E-state index contributed by atoms with van der Waals surface area (Å²) in [7, 11) is 4.78. The predicted octanol–water partition coefficient (Wildman–Crippen LogP) is 4.23. The van der Waals surface area contributed by atoms with E-state index in [-0.39, 0.29) is 11.9 Å². The minimum absolute atomic E-state index is 0.221. The quantitative estimate of drug-likeness (QED) is 0.344. The number of carbonyl (C=O) groups excluding carboxylic acids is 1. The lowest BCUT2D eigenvalue weighted by Gasteiger charge is -2.10. The van der Waals surface area contributed by atoms with E-state index >= 15 is 0 Å². The van der Waals surface area contributed by atoms with Gasteiger partial charge in [-0.05, 0) is 60.7 Å². The number of anilines is 1. The summed E-state index contributed by atoms with van der Waals surface area (Å²) in [6.45, 7) is 0.734. The fourth-order valence-corrected chi connectivity index (χ4v) is 3.36. The molecule has 9 heteroatoms. The van der Waals surface area contributed by atoms with Crippen LogP contribution in [0.2, 0.25) is 0 Å². The van der Waals surface area contributed by atoms with E-state index in [0.29, 0.717) is 41.7 Å². The zero-order valence-electron chi connectivity index (χ0n) is 19.7. The van der Waals surface area contributed by atoms with Crippen molar-refractivity contribution in [3.05, 3.63) is 78.4 Å². The van der Waals surface area contributed by atoms with Crippen molar-refractivity contribution in [2.45, 2.75) is 0 Å². The van der Waals surface area contributed by atoms with Gasteiger partial charge in [0.05, 0.1) is 26.5 Å². The summed E-state index contributed by atoms with van der Waals surface area (Å²) in [5, 5.41) is 7.46.